The van der Waals surface area contributed by atoms with E-state index >= 15 is 0 Å². The minimum atomic E-state index is 0.810. The molecule has 0 unspecified atom stereocenters. The Kier molecular flexibility index (Phi) is 3.64. The maximum Gasteiger partial charge on any atom is 0.0659 e. The van der Waals surface area contributed by atoms with Gasteiger partial charge in [-0.25, -0.2) is 0 Å². The first-order chi connectivity index (χ1) is 9.31. The van der Waals surface area contributed by atoms with Gasteiger partial charge in [0.1, 0.15) is 0 Å². The molecule has 3 heteroatoms. The molecule has 0 N–H and O–H groups in total. The smallest absolute Gasteiger partial charge is 0.0659 e. The molecular formula is C16H13IN2. The summed E-state index contributed by atoms with van der Waals surface area (Å²) in [4.78, 5) is 0. The Morgan fingerprint density at radius 2 is 1.79 bits per heavy atom. The lowest BCUT2D eigenvalue weighted by molar-refractivity contribution is 0.687. The number of halogens is 1. The normalized spacial score (nSPS) is 10.6. The lowest BCUT2D eigenvalue weighted by atomic mass is 10.1. The minimum Gasteiger partial charge on any atom is -0.268 e. The summed E-state index contributed by atoms with van der Waals surface area (Å²) in [6, 6.07) is 18.8. The second kappa shape index (κ2) is 5.57. The van der Waals surface area contributed by atoms with Crippen molar-refractivity contribution in [2.24, 2.45) is 0 Å². The summed E-state index contributed by atoms with van der Waals surface area (Å²) < 4.78 is 3.22. The van der Waals surface area contributed by atoms with Crippen LogP contribution in [0, 0.1) is 3.57 Å². The average molecular weight is 360 g/mol. The van der Waals surface area contributed by atoms with E-state index in [-0.39, 0.29) is 0 Å². The highest BCUT2D eigenvalue weighted by Crippen LogP contribution is 2.20. The van der Waals surface area contributed by atoms with E-state index < -0.39 is 0 Å². The number of hydrogen-bond donors (Lipinski definition) is 0. The van der Waals surface area contributed by atoms with Crippen LogP contribution < -0.4 is 0 Å². The summed E-state index contributed by atoms with van der Waals surface area (Å²) in [5.74, 6) is 0. The first kappa shape index (κ1) is 12.4. The summed E-state index contributed by atoms with van der Waals surface area (Å²) in [7, 11) is 0. The van der Waals surface area contributed by atoms with Crippen molar-refractivity contribution >= 4 is 22.6 Å². The van der Waals surface area contributed by atoms with E-state index in [4.69, 9.17) is 0 Å². The molecule has 19 heavy (non-hydrogen) atoms. The number of rotatable bonds is 3. The van der Waals surface area contributed by atoms with Gasteiger partial charge < -0.3 is 0 Å². The molecule has 0 aliphatic heterocycles. The molecule has 1 heterocycles. The molecule has 0 aliphatic rings. The summed E-state index contributed by atoms with van der Waals surface area (Å²) in [6.07, 6.45) is 4.02. The van der Waals surface area contributed by atoms with Crippen molar-refractivity contribution < 1.29 is 0 Å². The highest BCUT2D eigenvalue weighted by Gasteiger charge is 2.02. The molecule has 2 nitrogen and oxygen atoms in total. The van der Waals surface area contributed by atoms with Crippen LogP contribution in [0.3, 0.4) is 0 Å². The van der Waals surface area contributed by atoms with Crippen LogP contribution in [0.5, 0.6) is 0 Å². The minimum absolute atomic E-state index is 0.810. The third-order valence-corrected chi connectivity index (χ3v) is 3.65. The fourth-order valence-electron chi connectivity index (χ4n) is 2.04. The highest BCUT2D eigenvalue weighted by atomic mass is 127. The van der Waals surface area contributed by atoms with E-state index in [1.165, 1.54) is 14.7 Å². The zero-order valence-electron chi connectivity index (χ0n) is 10.3. The molecule has 0 fully saturated rings. The van der Waals surface area contributed by atoms with Crippen molar-refractivity contribution in [1.82, 2.24) is 9.78 Å². The molecule has 94 valence electrons. The topological polar surface area (TPSA) is 17.8 Å². The molecule has 3 rings (SSSR count). The Labute approximate surface area is 126 Å². The largest absolute Gasteiger partial charge is 0.268 e. The van der Waals surface area contributed by atoms with Gasteiger partial charge in [-0.1, -0.05) is 42.5 Å². The van der Waals surface area contributed by atoms with Gasteiger partial charge in [0.2, 0.25) is 0 Å². The third kappa shape index (κ3) is 3.04. The lowest BCUT2D eigenvalue weighted by Crippen LogP contribution is -1.99. The van der Waals surface area contributed by atoms with Crippen molar-refractivity contribution in [3.05, 3.63) is 76.1 Å². The Morgan fingerprint density at radius 1 is 0.947 bits per heavy atom. The molecule has 2 aromatic carbocycles. The van der Waals surface area contributed by atoms with Crippen molar-refractivity contribution in [2.45, 2.75) is 6.54 Å². The van der Waals surface area contributed by atoms with Gasteiger partial charge in [-0.3, -0.25) is 4.68 Å². The molecule has 3 aromatic rings. The number of nitrogens with zero attached hydrogens (tertiary/aromatic N) is 2. The standard InChI is InChI=1S/C16H13IN2/c17-16-8-4-7-14(9-16)15-10-18-19(12-15)11-13-5-2-1-3-6-13/h1-10,12H,11H2. The SMILES string of the molecule is Ic1cccc(-c2cnn(Cc3ccccc3)c2)c1. The van der Waals surface area contributed by atoms with E-state index in [0.29, 0.717) is 0 Å². The Bertz CT molecular complexity index is 674. The Morgan fingerprint density at radius 3 is 2.58 bits per heavy atom. The molecule has 0 saturated heterocycles. The van der Waals surface area contributed by atoms with E-state index in [1.807, 2.05) is 16.9 Å². The number of aromatic nitrogens is 2. The average Bonchev–Trinajstić information content (AvgIpc) is 2.88. The van der Waals surface area contributed by atoms with Gasteiger partial charge in [-0.15, -0.1) is 0 Å². The van der Waals surface area contributed by atoms with Gasteiger partial charge >= 0.3 is 0 Å². The fraction of sp³-hybridized carbons (Fsp3) is 0.0625. The van der Waals surface area contributed by atoms with Crippen LogP contribution in [0.1, 0.15) is 5.56 Å². The molecule has 0 radical (unpaired) electrons. The zero-order chi connectivity index (χ0) is 13.1. The monoisotopic (exact) mass is 360 g/mol. The van der Waals surface area contributed by atoms with Crippen molar-refractivity contribution in [1.29, 1.82) is 0 Å². The van der Waals surface area contributed by atoms with Gasteiger partial charge in [0.15, 0.2) is 0 Å². The first-order valence-corrected chi connectivity index (χ1v) is 7.21. The van der Waals surface area contributed by atoms with Crippen LogP contribution in [0.25, 0.3) is 11.1 Å². The zero-order valence-corrected chi connectivity index (χ0v) is 12.5. The summed E-state index contributed by atoms with van der Waals surface area (Å²) in [5.41, 5.74) is 3.64. The van der Waals surface area contributed by atoms with Gasteiger partial charge in [0, 0.05) is 15.3 Å². The summed E-state index contributed by atoms with van der Waals surface area (Å²) in [6.45, 7) is 0.810. The first-order valence-electron chi connectivity index (χ1n) is 6.13. The highest BCUT2D eigenvalue weighted by molar-refractivity contribution is 14.1. The van der Waals surface area contributed by atoms with Crippen LogP contribution in [-0.2, 0) is 6.54 Å². The number of benzene rings is 2. The molecule has 0 atom stereocenters. The van der Waals surface area contributed by atoms with Gasteiger partial charge in [-0.2, -0.15) is 5.10 Å². The maximum absolute atomic E-state index is 4.43. The van der Waals surface area contributed by atoms with Crippen LogP contribution >= 0.6 is 22.6 Å². The molecule has 0 spiro atoms. The molecule has 1 aromatic heterocycles. The van der Waals surface area contributed by atoms with E-state index in [1.54, 1.807) is 0 Å². The summed E-state index contributed by atoms with van der Waals surface area (Å²) >= 11 is 2.33. The molecule has 0 saturated carbocycles. The van der Waals surface area contributed by atoms with Gasteiger partial charge in [-0.05, 0) is 45.9 Å². The Hall–Kier alpha value is -1.62. The fourth-order valence-corrected chi connectivity index (χ4v) is 2.58. The van der Waals surface area contributed by atoms with Crippen molar-refractivity contribution in [3.8, 4) is 11.1 Å². The second-order valence-corrected chi connectivity index (χ2v) is 5.67. The third-order valence-electron chi connectivity index (χ3n) is 2.98. The molecule has 0 bridgehead atoms. The van der Waals surface area contributed by atoms with Crippen LogP contribution in [-0.4, -0.2) is 9.78 Å². The summed E-state index contributed by atoms with van der Waals surface area (Å²) in [5, 5.41) is 4.43. The van der Waals surface area contributed by atoms with Gasteiger partial charge in [0.25, 0.3) is 0 Å². The van der Waals surface area contributed by atoms with Crippen LogP contribution in [0.15, 0.2) is 67.0 Å². The quantitative estimate of drug-likeness (QED) is 0.640. The van der Waals surface area contributed by atoms with Crippen molar-refractivity contribution in [2.75, 3.05) is 0 Å². The number of hydrogen-bond acceptors (Lipinski definition) is 1. The van der Waals surface area contributed by atoms with Crippen molar-refractivity contribution in [3.63, 3.8) is 0 Å². The second-order valence-electron chi connectivity index (χ2n) is 4.42. The molecular weight excluding hydrogens is 347 g/mol. The lowest BCUT2D eigenvalue weighted by Gasteiger charge is -2.01. The van der Waals surface area contributed by atoms with E-state index in [9.17, 15) is 0 Å². The maximum atomic E-state index is 4.43. The van der Waals surface area contributed by atoms with Gasteiger partial charge in [0.05, 0.1) is 12.7 Å². The predicted molar refractivity (Wildman–Crippen MR) is 85.9 cm³/mol. The Balaban J connectivity index is 1.84. The van der Waals surface area contributed by atoms with E-state index in [0.717, 1.165) is 12.1 Å². The van der Waals surface area contributed by atoms with Crippen LogP contribution in [0.4, 0.5) is 0 Å². The predicted octanol–water partition coefficient (Wildman–Crippen LogP) is 4.20. The van der Waals surface area contributed by atoms with E-state index in [2.05, 4.69) is 82.4 Å². The molecule has 0 amide bonds. The van der Waals surface area contributed by atoms with Crippen LogP contribution in [0.2, 0.25) is 0 Å². The molecule has 0 aliphatic carbocycles.